The molecule has 1 aliphatic rings. The van der Waals surface area contributed by atoms with Crippen molar-refractivity contribution in [1.82, 2.24) is 9.55 Å². The van der Waals surface area contributed by atoms with Crippen LogP contribution in [0.5, 0.6) is 0 Å². The van der Waals surface area contributed by atoms with Gasteiger partial charge >= 0.3 is 0 Å². The average molecular weight is 491 g/mol. The summed E-state index contributed by atoms with van der Waals surface area (Å²) in [6.07, 6.45) is 0. The van der Waals surface area contributed by atoms with E-state index in [0.717, 1.165) is 16.8 Å². The lowest BCUT2D eigenvalue weighted by Gasteiger charge is -2.22. The second kappa shape index (κ2) is 8.39. The Kier molecular flexibility index (Phi) is 4.95. The molecule has 0 fully saturated rings. The van der Waals surface area contributed by atoms with Crippen molar-refractivity contribution in [3.63, 3.8) is 0 Å². The predicted molar refractivity (Wildman–Crippen MR) is 156 cm³/mol. The van der Waals surface area contributed by atoms with E-state index in [-0.39, 0.29) is 11.0 Å². The second-order valence-corrected chi connectivity index (χ2v) is 10.4. The monoisotopic (exact) mass is 490 g/mol. The van der Waals surface area contributed by atoms with Gasteiger partial charge in [-0.15, -0.1) is 0 Å². The number of benzene rings is 5. The van der Waals surface area contributed by atoms with Gasteiger partial charge in [-0.05, 0) is 63.7 Å². The Morgan fingerprint density at radius 3 is 2.05 bits per heavy atom. The van der Waals surface area contributed by atoms with Crippen LogP contribution in [0.1, 0.15) is 25.0 Å². The van der Waals surface area contributed by atoms with Gasteiger partial charge in [0.25, 0.3) is 5.56 Å². The summed E-state index contributed by atoms with van der Waals surface area (Å²) in [5.41, 5.74) is 9.99. The first-order valence-electron chi connectivity index (χ1n) is 12.9. The second-order valence-electron chi connectivity index (χ2n) is 10.4. The summed E-state index contributed by atoms with van der Waals surface area (Å²) in [6, 6.07) is 41.2. The van der Waals surface area contributed by atoms with Gasteiger partial charge in [0.15, 0.2) is 0 Å². The molecule has 1 heterocycles. The fourth-order valence-electron chi connectivity index (χ4n) is 5.84. The van der Waals surface area contributed by atoms with Crippen molar-refractivity contribution in [3.05, 3.63) is 143 Å². The molecule has 38 heavy (non-hydrogen) atoms. The molecule has 0 saturated carbocycles. The molecule has 182 valence electrons. The zero-order valence-corrected chi connectivity index (χ0v) is 21.3. The van der Waals surface area contributed by atoms with Crippen LogP contribution >= 0.6 is 0 Å². The minimum atomic E-state index is -0.0682. The molecule has 1 aromatic heterocycles. The van der Waals surface area contributed by atoms with E-state index in [0.29, 0.717) is 16.7 Å². The van der Waals surface area contributed by atoms with Gasteiger partial charge in [-0.2, -0.15) is 0 Å². The Bertz CT molecular complexity index is 1900. The van der Waals surface area contributed by atoms with Gasteiger partial charge in [0.2, 0.25) is 0 Å². The molecule has 0 radical (unpaired) electrons. The molecule has 1 aliphatic carbocycles. The predicted octanol–water partition coefficient (Wildman–Crippen LogP) is 8.03. The van der Waals surface area contributed by atoms with Gasteiger partial charge in [0.05, 0.1) is 16.6 Å². The summed E-state index contributed by atoms with van der Waals surface area (Å²) in [5.74, 6) is 0.636. The smallest absolute Gasteiger partial charge is 0.266 e. The Labute approximate surface area is 221 Å². The highest BCUT2D eigenvalue weighted by Crippen LogP contribution is 2.49. The summed E-state index contributed by atoms with van der Waals surface area (Å²) < 4.78 is 1.71. The molecule has 0 aliphatic heterocycles. The van der Waals surface area contributed by atoms with Crippen LogP contribution in [0.3, 0.4) is 0 Å². The molecule has 0 bridgehead atoms. The van der Waals surface area contributed by atoms with Gasteiger partial charge in [0, 0.05) is 11.0 Å². The quantitative estimate of drug-likeness (QED) is 0.252. The van der Waals surface area contributed by atoms with E-state index in [1.807, 2.05) is 54.6 Å². The van der Waals surface area contributed by atoms with E-state index in [9.17, 15) is 4.79 Å². The van der Waals surface area contributed by atoms with E-state index >= 15 is 0 Å². The molecule has 3 nitrogen and oxygen atoms in total. The number of fused-ring (bicyclic) bond motifs is 4. The number of nitrogens with zero attached hydrogens (tertiary/aromatic N) is 2. The fraction of sp³-hybridized carbons (Fsp3) is 0.0857. The third kappa shape index (κ3) is 3.36. The van der Waals surface area contributed by atoms with Gasteiger partial charge in [-0.3, -0.25) is 9.36 Å². The summed E-state index contributed by atoms with van der Waals surface area (Å²) in [4.78, 5) is 18.5. The van der Waals surface area contributed by atoms with Crippen LogP contribution in [-0.2, 0) is 5.41 Å². The van der Waals surface area contributed by atoms with Crippen molar-refractivity contribution in [2.24, 2.45) is 0 Å². The van der Waals surface area contributed by atoms with Crippen molar-refractivity contribution < 1.29 is 0 Å². The Morgan fingerprint density at radius 2 is 1.24 bits per heavy atom. The number of rotatable bonds is 3. The lowest BCUT2D eigenvalue weighted by atomic mass is 9.81. The molecular weight excluding hydrogens is 464 g/mol. The highest BCUT2D eigenvalue weighted by Gasteiger charge is 2.35. The van der Waals surface area contributed by atoms with Crippen LogP contribution in [0.15, 0.2) is 126 Å². The van der Waals surface area contributed by atoms with Crippen molar-refractivity contribution in [3.8, 4) is 39.3 Å². The zero-order chi connectivity index (χ0) is 25.9. The largest absolute Gasteiger partial charge is 0.268 e. The number of hydrogen-bond donors (Lipinski definition) is 0. The molecule has 5 aromatic carbocycles. The highest BCUT2D eigenvalue weighted by atomic mass is 16.1. The maximum Gasteiger partial charge on any atom is 0.266 e. The molecule has 0 N–H and O–H groups in total. The first-order chi connectivity index (χ1) is 18.5. The Morgan fingerprint density at radius 1 is 0.605 bits per heavy atom. The van der Waals surface area contributed by atoms with Crippen LogP contribution in [0.4, 0.5) is 0 Å². The number of aromatic nitrogens is 2. The van der Waals surface area contributed by atoms with E-state index in [1.54, 1.807) is 4.57 Å². The zero-order valence-electron chi connectivity index (χ0n) is 21.3. The van der Waals surface area contributed by atoms with E-state index < -0.39 is 0 Å². The molecule has 0 unspecified atom stereocenters. The number of hydrogen-bond acceptors (Lipinski definition) is 2. The van der Waals surface area contributed by atoms with Crippen LogP contribution < -0.4 is 5.56 Å². The molecule has 3 heteroatoms. The summed E-state index contributed by atoms with van der Waals surface area (Å²) in [7, 11) is 0. The Hall–Kier alpha value is -4.76. The normalized spacial score (nSPS) is 13.3. The van der Waals surface area contributed by atoms with Crippen LogP contribution in [0.25, 0.3) is 50.2 Å². The third-order valence-corrected chi connectivity index (χ3v) is 7.85. The summed E-state index contributed by atoms with van der Waals surface area (Å²) >= 11 is 0. The molecular formula is C35H26N2O. The van der Waals surface area contributed by atoms with Crippen molar-refractivity contribution in [2.45, 2.75) is 19.3 Å². The van der Waals surface area contributed by atoms with E-state index in [4.69, 9.17) is 4.98 Å². The standard InChI is InChI=1S/C35H26N2O/c1-35(2)30-14-8-6-12-27(30)28-21-20-25(22-31(28)35)23-16-18-24(19-17-23)33-36-32-15-9-7-13-29(32)34(38)37(33)26-10-4-3-5-11-26/h3-22H,1-2H3. The lowest BCUT2D eigenvalue weighted by Crippen LogP contribution is -2.21. The molecule has 0 atom stereocenters. The SMILES string of the molecule is CC1(C)c2ccccc2-c2ccc(-c3ccc(-c4nc5ccccc5c(=O)n4-c4ccccc4)cc3)cc21. The molecule has 0 saturated heterocycles. The number of para-hydroxylation sites is 2. The van der Waals surface area contributed by atoms with Gasteiger partial charge < -0.3 is 0 Å². The maximum absolute atomic E-state index is 13.6. The van der Waals surface area contributed by atoms with Crippen LogP contribution in [0.2, 0.25) is 0 Å². The molecule has 7 rings (SSSR count). The lowest BCUT2D eigenvalue weighted by molar-refractivity contribution is 0.660. The summed E-state index contributed by atoms with van der Waals surface area (Å²) in [5, 5.41) is 0.610. The average Bonchev–Trinajstić information content (AvgIpc) is 3.20. The first kappa shape index (κ1) is 22.4. The van der Waals surface area contributed by atoms with Crippen molar-refractivity contribution >= 4 is 10.9 Å². The fourth-order valence-corrected chi connectivity index (χ4v) is 5.84. The minimum Gasteiger partial charge on any atom is -0.268 e. The van der Waals surface area contributed by atoms with Crippen LogP contribution in [-0.4, -0.2) is 9.55 Å². The van der Waals surface area contributed by atoms with Crippen molar-refractivity contribution in [2.75, 3.05) is 0 Å². The minimum absolute atomic E-state index is 0.0390. The Balaban J connectivity index is 1.34. The highest BCUT2D eigenvalue weighted by molar-refractivity contribution is 5.84. The van der Waals surface area contributed by atoms with Gasteiger partial charge in [-0.25, -0.2) is 4.98 Å². The van der Waals surface area contributed by atoms with Crippen molar-refractivity contribution in [1.29, 1.82) is 0 Å². The maximum atomic E-state index is 13.6. The summed E-state index contributed by atoms with van der Waals surface area (Å²) in [6.45, 7) is 4.61. The topological polar surface area (TPSA) is 34.9 Å². The van der Waals surface area contributed by atoms with Gasteiger partial charge in [0.1, 0.15) is 5.82 Å². The molecule has 0 amide bonds. The molecule has 6 aromatic rings. The first-order valence-corrected chi connectivity index (χ1v) is 12.9. The molecule has 0 spiro atoms. The third-order valence-electron chi connectivity index (χ3n) is 7.85. The van der Waals surface area contributed by atoms with E-state index in [1.165, 1.54) is 27.8 Å². The van der Waals surface area contributed by atoms with Crippen LogP contribution in [0, 0.1) is 0 Å². The van der Waals surface area contributed by atoms with Gasteiger partial charge in [-0.1, -0.05) is 105 Å². The van der Waals surface area contributed by atoms with E-state index in [2.05, 4.69) is 80.6 Å².